The maximum absolute atomic E-state index is 12.4. The van der Waals surface area contributed by atoms with Gasteiger partial charge in [0.2, 0.25) is 16.9 Å². The van der Waals surface area contributed by atoms with Crippen LogP contribution in [0, 0.1) is 5.41 Å². The molecule has 0 spiro atoms. The Bertz CT molecular complexity index is 578. The van der Waals surface area contributed by atoms with Gasteiger partial charge in [-0.05, 0) is 13.8 Å². The second-order valence-corrected chi connectivity index (χ2v) is 8.24. The minimum atomic E-state index is -0.844. The molecule has 0 aliphatic carbocycles. The van der Waals surface area contributed by atoms with E-state index in [2.05, 4.69) is 15.4 Å². The van der Waals surface area contributed by atoms with Crippen LogP contribution in [0.5, 0.6) is 0 Å². The molecule has 1 aliphatic rings. The van der Waals surface area contributed by atoms with Gasteiger partial charge in [-0.2, -0.15) is 0 Å². The lowest BCUT2D eigenvalue weighted by atomic mass is 9.85. The van der Waals surface area contributed by atoms with Crippen molar-refractivity contribution in [3.63, 3.8) is 0 Å². The van der Waals surface area contributed by atoms with Crippen LogP contribution in [0.25, 0.3) is 0 Å². The molecule has 0 aromatic carbocycles. The third-order valence-electron chi connectivity index (χ3n) is 3.81. The first-order chi connectivity index (χ1) is 12.5. The molecule has 0 radical (unpaired) electrons. The second-order valence-electron chi connectivity index (χ2n) is 7.24. The predicted molar refractivity (Wildman–Crippen MR) is 98.9 cm³/mol. The normalized spacial score (nSPS) is 20.4. The van der Waals surface area contributed by atoms with Crippen LogP contribution >= 0.6 is 11.8 Å². The fraction of sp³-hybridized carbons (Fsp3) is 0.765. The summed E-state index contributed by atoms with van der Waals surface area (Å²) in [5, 5.41) is 4.18. The molecule has 10 heteroatoms. The van der Waals surface area contributed by atoms with Crippen molar-refractivity contribution in [2.45, 2.75) is 52.4 Å². The summed E-state index contributed by atoms with van der Waals surface area (Å²) in [5.74, 6) is -1.45. The summed E-state index contributed by atoms with van der Waals surface area (Å²) in [6.07, 6.45) is -0.606. The maximum atomic E-state index is 12.4. The summed E-state index contributed by atoms with van der Waals surface area (Å²) in [7, 11) is 1.19. The number of hydrogen-bond donors (Lipinski definition) is 2. The van der Waals surface area contributed by atoms with Crippen LogP contribution in [0.4, 0.5) is 4.79 Å². The van der Waals surface area contributed by atoms with Crippen molar-refractivity contribution in [2.75, 3.05) is 26.8 Å². The Hall–Kier alpha value is -1.65. The van der Waals surface area contributed by atoms with Gasteiger partial charge >= 0.3 is 5.30 Å². The van der Waals surface area contributed by atoms with Gasteiger partial charge < -0.3 is 24.8 Å². The monoisotopic (exact) mass is 404 g/mol. The van der Waals surface area contributed by atoms with Crippen molar-refractivity contribution < 1.29 is 33.4 Å². The molecule has 154 valence electrons. The Morgan fingerprint density at radius 2 is 1.70 bits per heavy atom. The van der Waals surface area contributed by atoms with E-state index in [4.69, 9.17) is 9.47 Å². The van der Waals surface area contributed by atoms with Crippen LogP contribution in [0.3, 0.4) is 0 Å². The molecule has 1 saturated heterocycles. The number of amides is 2. The smallest absolute Gasteiger partial charge is 0.374 e. The minimum Gasteiger partial charge on any atom is -0.461 e. The Balaban J connectivity index is 2.29. The molecular formula is C17H28N2O7S. The van der Waals surface area contributed by atoms with Crippen LogP contribution in [0.2, 0.25) is 0 Å². The third kappa shape index (κ3) is 8.27. The zero-order valence-corrected chi connectivity index (χ0v) is 17.2. The number of nitrogens with one attached hydrogen (secondary N) is 2. The van der Waals surface area contributed by atoms with Gasteiger partial charge in [0.1, 0.15) is 6.10 Å². The number of hydrogen-bond acceptors (Lipinski definition) is 8. The summed E-state index contributed by atoms with van der Waals surface area (Å²) in [6.45, 7) is 7.89. The molecular weight excluding hydrogens is 376 g/mol. The maximum Gasteiger partial charge on any atom is 0.374 e. The summed E-state index contributed by atoms with van der Waals surface area (Å²) in [5.41, 5.74) is -0.487. The van der Waals surface area contributed by atoms with Gasteiger partial charge in [0, 0.05) is 43.1 Å². The number of carbonyl (C=O) groups is 4. The highest BCUT2D eigenvalue weighted by molar-refractivity contribution is 8.25. The fourth-order valence-corrected chi connectivity index (χ4v) is 2.76. The second kappa shape index (κ2) is 10.0. The fourth-order valence-electron chi connectivity index (χ4n) is 2.29. The van der Waals surface area contributed by atoms with E-state index in [1.54, 1.807) is 13.8 Å². The molecule has 0 bridgehead atoms. The highest BCUT2D eigenvalue weighted by Gasteiger charge is 2.45. The topological polar surface area (TPSA) is 120 Å². The summed E-state index contributed by atoms with van der Waals surface area (Å²) < 4.78 is 15.7. The molecule has 9 nitrogen and oxygen atoms in total. The van der Waals surface area contributed by atoms with Crippen molar-refractivity contribution in [3.8, 4) is 0 Å². The van der Waals surface area contributed by atoms with Gasteiger partial charge in [-0.15, -0.1) is 0 Å². The standard InChI is InChI=1S/C17H28N2O7S/c1-16(2)10-25-17(3,4)26-13(16)14(22)19-8-6-11(20)18-9-7-12(21)27-15(23)24-5/h13H,6-10H2,1-5H3,(H,18,20)(H,19,22)/t13-/m0/s1. The van der Waals surface area contributed by atoms with E-state index in [9.17, 15) is 19.2 Å². The molecule has 1 heterocycles. The van der Waals surface area contributed by atoms with Gasteiger partial charge in [0.15, 0.2) is 5.79 Å². The number of ether oxygens (including phenoxy) is 3. The average Bonchev–Trinajstić information content (AvgIpc) is 2.57. The quantitative estimate of drug-likeness (QED) is 0.608. The Kier molecular flexibility index (Phi) is 8.70. The van der Waals surface area contributed by atoms with Crippen LogP contribution in [0.15, 0.2) is 0 Å². The first-order valence-corrected chi connectivity index (χ1v) is 9.43. The van der Waals surface area contributed by atoms with E-state index in [-0.39, 0.29) is 37.7 Å². The van der Waals surface area contributed by atoms with E-state index in [1.807, 2.05) is 13.8 Å². The highest BCUT2D eigenvalue weighted by atomic mass is 32.2. The Morgan fingerprint density at radius 3 is 2.33 bits per heavy atom. The van der Waals surface area contributed by atoms with Crippen LogP contribution < -0.4 is 10.6 Å². The van der Waals surface area contributed by atoms with E-state index in [0.29, 0.717) is 18.4 Å². The first kappa shape index (κ1) is 23.4. The number of thioether (sulfide) groups is 1. The minimum absolute atomic E-state index is 0.0110. The molecule has 0 unspecified atom stereocenters. The van der Waals surface area contributed by atoms with E-state index in [0.717, 1.165) is 0 Å². The molecule has 2 N–H and O–H groups in total. The largest absolute Gasteiger partial charge is 0.461 e. The van der Waals surface area contributed by atoms with E-state index >= 15 is 0 Å². The molecule has 0 aromatic heterocycles. The lowest BCUT2D eigenvalue weighted by Crippen LogP contribution is -2.56. The van der Waals surface area contributed by atoms with Gasteiger partial charge in [-0.3, -0.25) is 14.4 Å². The third-order valence-corrected chi connectivity index (χ3v) is 4.57. The zero-order chi connectivity index (χ0) is 20.7. The molecule has 1 fully saturated rings. The van der Waals surface area contributed by atoms with Gasteiger partial charge in [0.05, 0.1) is 13.7 Å². The molecule has 1 atom stereocenters. The lowest BCUT2D eigenvalue weighted by molar-refractivity contribution is -0.304. The Labute approximate surface area is 163 Å². The van der Waals surface area contributed by atoms with Gasteiger partial charge in [-0.1, -0.05) is 13.8 Å². The van der Waals surface area contributed by atoms with Crippen molar-refractivity contribution in [3.05, 3.63) is 0 Å². The number of carbonyl (C=O) groups excluding carboxylic acids is 4. The Morgan fingerprint density at radius 1 is 1.07 bits per heavy atom. The summed E-state index contributed by atoms with van der Waals surface area (Å²) in [4.78, 5) is 46.5. The van der Waals surface area contributed by atoms with Crippen molar-refractivity contribution in [1.82, 2.24) is 10.6 Å². The van der Waals surface area contributed by atoms with Crippen molar-refractivity contribution in [2.24, 2.45) is 5.41 Å². The zero-order valence-electron chi connectivity index (χ0n) is 16.4. The molecule has 1 rings (SSSR count). The van der Waals surface area contributed by atoms with Crippen molar-refractivity contribution in [1.29, 1.82) is 0 Å². The molecule has 1 aliphatic heterocycles. The van der Waals surface area contributed by atoms with Crippen molar-refractivity contribution >= 4 is 34.0 Å². The predicted octanol–water partition coefficient (Wildman–Crippen LogP) is 1.20. The first-order valence-electron chi connectivity index (χ1n) is 8.61. The molecule has 0 aromatic rings. The van der Waals surface area contributed by atoms with E-state index in [1.165, 1.54) is 7.11 Å². The van der Waals surface area contributed by atoms with Crippen LogP contribution in [0.1, 0.15) is 40.5 Å². The number of methoxy groups -OCH3 is 1. The van der Waals surface area contributed by atoms with Crippen LogP contribution in [-0.4, -0.2) is 60.9 Å². The summed E-state index contributed by atoms with van der Waals surface area (Å²) in [6, 6.07) is 0. The van der Waals surface area contributed by atoms with E-state index < -0.39 is 27.7 Å². The summed E-state index contributed by atoms with van der Waals surface area (Å²) >= 11 is 0.456. The number of rotatable bonds is 7. The van der Waals surface area contributed by atoms with Gasteiger partial charge in [0.25, 0.3) is 0 Å². The molecule has 2 amide bonds. The van der Waals surface area contributed by atoms with Gasteiger partial charge in [-0.25, -0.2) is 4.79 Å². The average molecular weight is 404 g/mol. The highest BCUT2D eigenvalue weighted by Crippen LogP contribution is 2.34. The molecule has 27 heavy (non-hydrogen) atoms. The molecule has 0 saturated carbocycles. The SMILES string of the molecule is COC(=O)SC(=O)CCNC(=O)CCNC(=O)[C@@H]1OC(C)(C)OCC1(C)C. The lowest BCUT2D eigenvalue weighted by Gasteiger charge is -2.44. The van der Waals surface area contributed by atoms with Crippen LogP contribution in [-0.2, 0) is 28.6 Å².